The molecular formula is C10H11O2. The summed E-state index contributed by atoms with van der Waals surface area (Å²) in [5.41, 5.74) is 1.05. The minimum atomic E-state index is -0.170. The Morgan fingerprint density at radius 1 is 1.33 bits per heavy atom. The molecule has 0 amide bonds. The van der Waals surface area contributed by atoms with Crippen molar-refractivity contribution in [3.8, 4) is 0 Å². The highest BCUT2D eigenvalue weighted by molar-refractivity contribution is 5.15. The highest BCUT2D eigenvalue weighted by Crippen LogP contribution is 2.21. The summed E-state index contributed by atoms with van der Waals surface area (Å²) in [5, 5.41) is 0. The van der Waals surface area contributed by atoms with Gasteiger partial charge >= 0.3 is 0 Å². The Hall–Kier alpha value is -0.860. The van der Waals surface area contributed by atoms with Crippen molar-refractivity contribution in [1.29, 1.82) is 0 Å². The van der Waals surface area contributed by atoms with Crippen LogP contribution in [0.15, 0.2) is 24.3 Å². The lowest BCUT2D eigenvalue weighted by Gasteiger charge is -2.23. The molecule has 2 nitrogen and oxygen atoms in total. The fraction of sp³-hybridized carbons (Fsp3) is 0.400. The normalized spacial score (nSPS) is 19.3. The van der Waals surface area contributed by atoms with Crippen molar-refractivity contribution in [2.75, 3.05) is 13.2 Å². The minimum absolute atomic E-state index is 0.170. The summed E-state index contributed by atoms with van der Waals surface area (Å²) >= 11 is 0. The van der Waals surface area contributed by atoms with Gasteiger partial charge in [-0.25, -0.2) is 0 Å². The average molecular weight is 163 g/mol. The quantitative estimate of drug-likeness (QED) is 0.629. The van der Waals surface area contributed by atoms with Crippen LogP contribution in [0.5, 0.6) is 0 Å². The number of hydrogen-bond acceptors (Lipinski definition) is 2. The summed E-state index contributed by atoms with van der Waals surface area (Å²) in [6.07, 6.45) is 0.823. The first-order valence-electron chi connectivity index (χ1n) is 4.16. The van der Waals surface area contributed by atoms with Gasteiger partial charge in [0, 0.05) is 5.56 Å². The third-order valence-corrected chi connectivity index (χ3v) is 1.83. The van der Waals surface area contributed by atoms with E-state index in [2.05, 4.69) is 6.07 Å². The lowest BCUT2D eigenvalue weighted by Crippen LogP contribution is -2.17. The van der Waals surface area contributed by atoms with Crippen molar-refractivity contribution < 1.29 is 9.47 Å². The lowest BCUT2D eigenvalue weighted by atomic mass is 10.2. The van der Waals surface area contributed by atoms with Gasteiger partial charge in [0.1, 0.15) is 0 Å². The molecule has 0 unspecified atom stereocenters. The zero-order chi connectivity index (χ0) is 8.23. The first-order chi connectivity index (χ1) is 5.97. The van der Waals surface area contributed by atoms with E-state index in [0.29, 0.717) is 0 Å². The van der Waals surface area contributed by atoms with Gasteiger partial charge in [-0.1, -0.05) is 18.2 Å². The van der Waals surface area contributed by atoms with Gasteiger partial charge in [-0.05, 0) is 18.6 Å². The number of hydrogen-bond donors (Lipinski definition) is 0. The Balaban J connectivity index is 2.08. The number of ether oxygens (including phenoxy) is 2. The third kappa shape index (κ3) is 1.65. The number of benzene rings is 1. The van der Waals surface area contributed by atoms with E-state index in [1.807, 2.05) is 24.3 Å². The highest BCUT2D eigenvalue weighted by atomic mass is 16.7. The maximum Gasteiger partial charge on any atom is 0.183 e. The Labute approximate surface area is 72.1 Å². The van der Waals surface area contributed by atoms with Crippen molar-refractivity contribution in [1.82, 2.24) is 0 Å². The first kappa shape index (κ1) is 7.77. The van der Waals surface area contributed by atoms with E-state index in [9.17, 15) is 0 Å². The molecule has 0 aromatic heterocycles. The molecule has 12 heavy (non-hydrogen) atoms. The molecule has 1 aromatic rings. The standard InChI is InChI=1S/C10H11O2/c1-2-5-9(6-3-1)10-11-7-4-8-12-10/h1-2,5-6,10H,4,7-8H2. The van der Waals surface area contributed by atoms with Crippen molar-refractivity contribution >= 4 is 0 Å². The van der Waals surface area contributed by atoms with E-state index >= 15 is 0 Å². The minimum Gasteiger partial charge on any atom is -0.348 e. The van der Waals surface area contributed by atoms with Crippen LogP contribution in [-0.2, 0) is 9.47 Å². The van der Waals surface area contributed by atoms with Crippen molar-refractivity contribution in [2.45, 2.75) is 12.7 Å². The Morgan fingerprint density at radius 2 is 2.17 bits per heavy atom. The van der Waals surface area contributed by atoms with E-state index in [1.54, 1.807) is 0 Å². The SMILES string of the molecule is [c]1cccc(C2OCCCO2)c1. The molecule has 1 radical (unpaired) electrons. The van der Waals surface area contributed by atoms with Gasteiger partial charge in [-0.2, -0.15) is 0 Å². The van der Waals surface area contributed by atoms with Crippen LogP contribution in [0.4, 0.5) is 0 Å². The average Bonchev–Trinajstić information content (AvgIpc) is 2.21. The summed E-state index contributed by atoms with van der Waals surface area (Å²) < 4.78 is 10.8. The van der Waals surface area contributed by atoms with E-state index in [-0.39, 0.29) is 6.29 Å². The topological polar surface area (TPSA) is 18.5 Å². The van der Waals surface area contributed by atoms with E-state index in [4.69, 9.17) is 9.47 Å². The second kappa shape index (κ2) is 3.70. The molecule has 1 saturated heterocycles. The third-order valence-electron chi connectivity index (χ3n) is 1.83. The van der Waals surface area contributed by atoms with Gasteiger partial charge in [0.15, 0.2) is 6.29 Å². The fourth-order valence-corrected chi connectivity index (χ4v) is 1.23. The largest absolute Gasteiger partial charge is 0.348 e. The fourth-order valence-electron chi connectivity index (χ4n) is 1.23. The zero-order valence-corrected chi connectivity index (χ0v) is 6.82. The van der Waals surface area contributed by atoms with Crippen LogP contribution in [0.1, 0.15) is 18.3 Å². The van der Waals surface area contributed by atoms with Crippen molar-refractivity contribution in [3.63, 3.8) is 0 Å². The van der Waals surface area contributed by atoms with Gasteiger partial charge in [0.05, 0.1) is 13.2 Å². The first-order valence-corrected chi connectivity index (χ1v) is 4.16. The number of rotatable bonds is 1. The van der Waals surface area contributed by atoms with Gasteiger partial charge in [-0.15, -0.1) is 0 Å². The van der Waals surface area contributed by atoms with Crippen molar-refractivity contribution in [2.24, 2.45) is 0 Å². The van der Waals surface area contributed by atoms with Gasteiger partial charge < -0.3 is 9.47 Å². The molecule has 0 spiro atoms. The molecule has 0 aliphatic carbocycles. The molecule has 0 bridgehead atoms. The predicted molar refractivity (Wildman–Crippen MR) is 44.5 cm³/mol. The van der Waals surface area contributed by atoms with Gasteiger partial charge in [-0.3, -0.25) is 0 Å². The van der Waals surface area contributed by atoms with E-state index in [0.717, 1.165) is 25.2 Å². The van der Waals surface area contributed by atoms with Gasteiger partial charge in [0.2, 0.25) is 0 Å². The van der Waals surface area contributed by atoms with E-state index < -0.39 is 0 Å². The molecule has 1 aliphatic rings. The van der Waals surface area contributed by atoms with Crippen LogP contribution in [0.25, 0.3) is 0 Å². The van der Waals surface area contributed by atoms with Crippen LogP contribution in [0.2, 0.25) is 0 Å². The molecule has 0 N–H and O–H groups in total. The van der Waals surface area contributed by atoms with E-state index in [1.165, 1.54) is 0 Å². The Morgan fingerprint density at radius 3 is 2.83 bits per heavy atom. The van der Waals surface area contributed by atoms with Crippen LogP contribution in [0.3, 0.4) is 0 Å². The second-order valence-electron chi connectivity index (χ2n) is 2.76. The summed E-state index contributed by atoms with van der Waals surface area (Å²) in [5.74, 6) is 0. The summed E-state index contributed by atoms with van der Waals surface area (Å²) in [6.45, 7) is 1.58. The maximum absolute atomic E-state index is 5.42. The molecule has 1 fully saturated rings. The highest BCUT2D eigenvalue weighted by Gasteiger charge is 2.15. The smallest absolute Gasteiger partial charge is 0.183 e. The summed E-state index contributed by atoms with van der Waals surface area (Å²) in [4.78, 5) is 0. The molecule has 63 valence electrons. The Kier molecular flexibility index (Phi) is 2.39. The molecule has 0 atom stereocenters. The molecule has 2 rings (SSSR count). The van der Waals surface area contributed by atoms with Crippen LogP contribution >= 0.6 is 0 Å². The molecule has 1 aromatic carbocycles. The molecule has 0 saturated carbocycles. The van der Waals surface area contributed by atoms with Gasteiger partial charge in [0.25, 0.3) is 0 Å². The molecular weight excluding hydrogens is 152 g/mol. The monoisotopic (exact) mass is 163 g/mol. The summed E-state index contributed by atoms with van der Waals surface area (Å²) in [7, 11) is 0. The second-order valence-corrected chi connectivity index (χ2v) is 2.76. The van der Waals surface area contributed by atoms with Crippen LogP contribution in [-0.4, -0.2) is 13.2 Å². The lowest BCUT2D eigenvalue weighted by molar-refractivity contribution is -0.183. The molecule has 1 heterocycles. The van der Waals surface area contributed by atoms with Crippen LogP contribution < -0.4 is 0 Å². The molecule has 2 heteroatoms. The van der Waals surface area contributed by atoms with Crippen molar-refractivity contribution in [3.05, 3.63) is 35.9 Å². The molecule has 1 aliphatic heterocycles. The summed E-state index contributed by atoms with van der Waals surface area (Å²) in [6, 6.07) is 10.7. The van der Waals surface area contributed by atoms with Crippen LogP contribution in [0, 0.1) is 6.07 Å². The maximum atomic E-state index is 5.42. The Bertz CT molecular complexity index is 227. The zero-order valence-electron chi connectivity index (χ0n) is 6.82. The predicted octanol–water partition coefficient (Wildman–Crippen LogP) is 1.92.